The summed E-state index contributed by atoms with van der Waals surface area (Å²) in [4.78, 5) is 11.7. The first-order valence-electron chi connectivity index (χ1n) is 6.32. The van der Waals surface area contributed by atoms with Crippen LogP contribution in [0.5, 0.6) is 0 Å². The predicted octanol–water partition coefficient (Wildman–Crippen LogP) is 2.19. The molecule has 1 heterocycles. The Morgan fingerprint density at radius 3 is 2.30 bits per heavy atom. The Kier molecular flexibility index (Phi) is 4.85. The molecule has 0 atom stereocenters. The van der Waals surface area contributed by atoms with Crippen LogP contribution in [0.25, 0.3) is 0 Å². The van der Waals surface area contributed by atoms with Crippen LogP contribution in [0, 0.1) is 0 Å². The lowest BCUT2D eigenvalue weighted by Crippen LogP contribution is -2.46. The lowest BCUT2D eigenvalue weighted by atomic mass is 10.2. The molecule has 0 bridgehead atoms. The zero-order valence-electron chi connectivity index (χ0n) is 10.8. The lowest BCUT2D eigenvalue weighted by Gasteiger charge is -2.25. The second-order valence-corrected chi connectivity index (χ2v) is 6.63. The summed E-state index contributed by atoms with van der Waals surface area (Å²) in [6, 6.07) is 5.62. The van der Waals surface area contributed by atoms with Gasteiger partial charge < -0.3 is 5.32 Å². The van der Waals surface area contributed by atoms with Gasteiger partial charge in [0.15, 0.2) is 0 Å². The van der Waals surface area contributed by atoms with Crippen LogP contribution in [0.3, 0.4) is 0 Å². The number of carbonyl (C=O) groups is 1. The van der Waals surface area contributed by atoms with Crippen molar-refractivity contribution in [3.8, 4) is 0 Å². The molecule has 110 valence electrons. The van der Waals surface area contributed by atoms with Crippen molar-refractivity contribution in [1.29, 1.82) is 0 Å². The highest BCUT2D eigenvalue weighted by Gasteiger charge is 2.25. The Morgan fingerprint density at radius 2 is 1.70 bits per heavy atom. The van der Waals surface area contributed by atoms with Crippen molar-refractivity contribution in [2.24, 2.45) is 0 Å². The van der Waals surface area contributed by atoms with E-state index in [4.69, 9.17) is 11.6 Å². The van der Waals surface area contributed by atoms with Crippen molar-refractivity contribution in [3.63, 3.8) is 0 Å². The second kappa shape index (κ2) is 6.43. The number of anilines is 1. The average molecular weight is 318 g/mol. The van der Waals surface area contributed by atoms with Crippen LogP contribution in [0.15, 0.2) is 24.3 Å². The molecule has 0 spiro atoms. The Balaban J connectivity index is 1.94. The van der Waals surface area contributed by atoms with Crippen molar-refractivity contribution in [3.05, 3.63) is 29.3 Å². The average Bonchev–Trinajstić information content (AvgIpc) is 2.42. The van der Waals surface area contributed by atoms with E-state index in [0.717, 1.165) is 19.3 Å². The fourth-order valence-corrected chi connectivity index (χ4v) is 3.26. The summed E-state index contributed by atoms with van der Waals surface area (Å²) in [5, 5.41) is 2.99. The summed E-state index contributed by atoms with van der Waals surface area (Å²) >= 11 is 5.73. The van der Waals surface area contributed by atoms with E-state index in [0.29, 0.717) is 23.8 Å². The molecule has 2 rings (SSSR count). The van der Waals surface area contributed by atoms with Crippen LogP contribution in [0.2, 0.25) is 5.02 Å². The largest absolute Gasteiger partial charge is 0.333 e. The van der Waals surface area contributed by atoms with Gasteiger partial charge in [0.05, 0.1) is 0 Å². The molecule has 8 heteroatoms. The number of urea groups is 1. The van der Waals surface area contributed by atoms with Crippen molar-refractivity contribution < 1.29 is 13.2 Å². The molecular weight excluding hydrogens is 302 g/mol. The van der Waals surface area contributed by atoms with E-state index >= 15 is 0 Å². The molecule has 0 radical (unpaired) electrons. The summed E-state index contributed by atoms with van der Waals surface area (Å²) in [7, 11) is -3.77. The van der Waals surface area contributed by atoms with Crippen molar-refractivity contribution in [2.45, 2.75) is 19.3 Å². The molecule has 1 aromatic rings. The molecule has 1 fully saturated rings. The van der Waals surface area contributed by atoms with E-state index in [9.17, 15) is 13.2 Å². The molecule has 0 saturated carbocycles. The maximum Gasteiger partial charge on any atom is 0.333 e. The van der Waals surface area contributed by atoms with Gasteiger partial charge >= 0.3 is 16.2 Å². The van der Waals surface area contributed by atoms with Gasteiger partial charge in [-0.2, -0.15) is 12.7 Å². The molecule has 2 amide bonds. The van der Waals surface area contributed by atoms with Gasteiger partial charge in [0.2, 0.25) is 0 Å². The van der Waals surface area contributed by atoms with Crippen molar-refractivity contribution >= 4 is 33.5 Å². The minimum absolute atomic E-state index is 0.448. The molecule has 0 aromatic heterocycles. The Bertz CT molecular complexity index is 568. The standard InChI is InChI=1S/C12H16ClN3O3S/c13-10-4-6-11(7-5-10)14-12(17)15-20(18,19)16-8-2-1-3-9-16/h4-7H,1-3,8-9H2,(H2,14,15,17). The van der Waals surface area contributed by atoms with Crippen LogP contribution in [-0.4, -0.2) is 31.8 Å². The maximum atomic E-state index is 12.0. The third-order valence-corrected chi connectivity index (χ3v) is 4.72. The summed E-state index contributed by atoms with van der Waals surface area (Å²) in [5.74, 6) is 0. The second-order valence-electron chi connectivity index (χ2n) is 4.53. The summed E-state index contributed by atoms with van der Waals surface area (Å²) in [6.45, 7) is 0.896. The summed E-state index contributed by atoms with van der Waals surface area (Å²) in [5.41, 5.74) is 0.473. The van der Waals surface area contributed by atoms with E-state index in [1.165, 1.54) is 4.31 Å². The first-order chi connectivity index (χ1) is 9.47. The molecule has 1 aromatic carbocycles. The monoisotopic (exact) mass is 317 g/mol. The fourth-order valence-electron chi connectivity index (χ4n) is 1.98. The van der Waals surface area contributed by atoms with Gasteiger partial charge in [0, 0.05) is 23.8 Å². The Morgan fingerprint density at radius 1 is 1.10 bits per heavy atom. The molecule has 1 aliphatic heterocycles. The molecule has 1 aliphatic rings. The highest BCUT2D eigenvalue weighted by molar-refractivity contribution is 7.87. The number of halogens is 1. The number of piperidine rings is 1. The number of rotatable bonds is 3. The number of carbonyl (C=O) groups excluding carboxylic acids is 1. The summed E-state index contributed by atoms with van der Waals surface area (Å²) in [6.07, 6.45) is 2.66. The molecule has 20 heavy (non-hydrogen) atoms. The van der Waals surface area contributed by atoms with Gasteiger partial charge in [0.1, 0.15) is 0 Å². The van der Waals surface area contributed by atoms with E-state index in [1.807, 2.05) is 4.72 Å². The molecule has 0 unspecified atom stereocenters. The molecule has 1 saturated heterocycles. The lowest BCUT2D eigenvalue weighted by molar-refractivity contribution is 0.255. The van der Waals surface area contributed by atoms with Gasteiger partial charge in [0.25, 0.3) is 0 Å². The Hall–Kier alpha value is -1.31. The van der Waals surface area contributed by atoms with Crippen molar-refractivity contribution in [1.82, 2.24) is 9.03 Å². The van der Waals surface area contributed by atoms with Gasteiger partial charge in [-0.1, -0.05) is 18.0 Å². The minimum atomic E-state index is -3.77. The SMILES string of the molecule is O=C(Nc1ccc(Cl)cc1)NS(=O)(=O)N1CCCCC1. The first kappa shape index (κ1) is 15.1. The van der Waals surface area contributed by atoms with Crippen LogP contribution >= 0.6 is 11.6 Å². The fraction of sp³-hybridized carbons (Fsp3) is 0.417. The van der Waals surface area contributed by atoms with Crippen LogP contribution < -0.4 is 10.0 Å². The van der Waals surface area contributed by atoms with E-state index < -0.39 is 16.2 Å². The number of hydrogen-bond donors (Lipinski definition) is 2. The van der Waals surface area contributed by atoms with E-state index in [2.05, 4.69) is 5.32 Å². The number of amides is 2. The zero-order valence-corrected chi connectivity index (χ0v) is 12.4. The minimum Gasteiger partial charge on any atom is -0.307 e. The van der Waals surface area contributed by atoms with E-state index in [1.54, 1.807) is 24.3 Å². The number of benzene rings is 1. The van der Waals surface area contributed by atoms with Gasteiger partial charge in [-0.15, -0.1) is 0 Å². The molecule has 2 N–H and O–H groups in total. The van der Waals surface area contributed by atoms with Gasteiger partial charge in [-0.05, 0) is 37.1 Å². The maximum absolute atomic E-state index is 12.0. The van der Waals surface area contributed by atoms with Crippen LogP contribution in [0.4, 0.5) is 10.5 Å². The topological polar surface area (TPSA) is 78.5 Å². The third-order valence-electron chi connectivity index (χ3n) is 2.98. The third kappa shape index (κ3) is 4.09. The van der Waals surface area contributed by atoms with E-state index in [-0.39, 0.29) is 0 Å². The highest BCUT2D eigenvalue weighted by atomic mass is 35.5. The molecular formula is C12H16ClN3O3S. The zero-order chi connectivity index (χ0) is 14.6. The molecule has 6 nitrogen and oxygen atoms in total. The van der Waals surface area contributed by atoms with Crippen molar-refractivity contribution in [2.75, 3.05) is 18.4 Å². The first-order valence-corrected chi connectivity index (χ1v) is 8.13. The number of hydrogen-bond acceptors (Lipinski definition) is 3. The quantitative estimate of drug-likeness (QED) is 0.897. The normalized spacial score (nSPS) is 16.6. The highest BCUT2D eigenvalue weighted by Crippen LogP contribution is 2.14. The van der Waals surface area contributed by atoms with Crippen LogP contribution in [0.1, 0.15) is 19.3 Å². The van der Waals surface area contributed by atoms with Gasteiger partial charge in [-0.3, -0.25) is 0 Å². The number of nitrogens with one attached hydrogen (secondary N) is 2. The van der Waals surface area contributed by atoms with Gasteiger partial charge in [-0.25, -0.2) is 9.52 Å². The number of nitrogens with zero attached hydrogens (tertiary/aromatic N) is 1. The Labute approximate surface area is 123 Å². The smallest absolute Gasteiger partial charge is 0.307 e. The summed E-state index contributed by atoms with van der Waals surface area (Å²) < 4.78 is 27.2. The van der Waals surface area contributed by atoms with Crippen LogP contribution in [-0.2, 0) is 10.2 Å². The predicted molar refractivity (Wildman–Crippen MR) is 78.0 cm³/mol. The molecule has 0 aliphatic carbocycles.